The van der Waals surface area contributed by atoms with Crippen LogP contribution in [-0.2, 0) is 0 Å². The molecule has 70 valence electrons. The van der Waals surface area contributed by atoms with E-state index in [0.29, 0.717) is 0 Å². The summed E-state index contributed by atoms with van der Waals surface area (Å²) in [6.45, 7) is 0. The lowest BCUT2D eigenvalue weighted by molar-refractivity contribution is 0.312. The van der Waals surface area contributed by atoms with E-state index >= 15 is 0 Å². The van der Waals surface area contributed by atoms with E-state index in [0.717, 1.165) is 29.3 Å². The number of benzene rings is 1. The molecule has 0 saturated heterocycles. The Hall–Kier alpha value is -0.370. The Bertz CT molecular complexity index is 298. The summed E-state index contributed by atoms with van der Waals surface area (Å²) in [4.78, 5) is 0. The van der Waals surface area contributed by atoms with Crippen molar-refractivity contribution in [2.24, 2.45) is 0 Å². The second kappa shape index (κ2) is 3.79. The van der Waals surface area contributed by atoms with Crippen molar-refractivity contribution in [2.45, 2.75) is 31.4 Å². The first-order valence-electron chi connectivity index (χ1n) is 4.67. The SMILES string of the molecule is FC1CCCC1c1ccccc1Br. The Labute approximate surface area is 86.3 Å². The van der Waals surface area contributed by atoms with Crippen molar-refractivity contribution in [2.75, 3.05) is 0 Å². The molecule has 0 aromatic heterocycles. The van der Waals surface area contributed by atoms with E-state index < -0.39 is 6.17 Å². The second-order valence-corrected chi connectivity index (χ2v) is 4.43. The van der Waals surface area contributed by atoms with Gasteiger partial charge < -0.3 is 0 Å². The van der Waals surface area contributed by atoms with Crippen molar-refractivity contribution < 1.29 is 4.39 Å². The van der Waals surface area contributed by atoms with Crippen LogP contribution in [0.5, 0.6) is 0 Å². The molecule has 1 aliphatic rings. The van der Waals surface area contributed by atoms with Gasteiger partial charge in [0.1, 0.15) is 6.17 Å². The van der Waals surface area contributed by atoms with E-state index in [1.807, 2.05) is 24.3 Å². The van der Waals surface area contributed by atoms with Crippen molar-refractivity contribution in [3.8, 4) is 0 Å². The first-order valence-corrected chi connectivity index (χ1v) is 5.47. The van der Waals surface area contributed by atoms with Crippen molar-refractivity contribution >= 4 is 15.9 Å². The Balaban J connectivity index is 2.29. The van der Waals surface area contributed by atoms with Gasteiger partial charge in [-0.1, -0.05) is 34.1 Å². The first-order chi connectivity index (χ1) is 6.29. The normalized spacial score (nSPS) is 27.8. The molecule has 2 atom stereocenters. The third-order valence-corrected chi connectivity index (χ3v) is 3.46. The van der Waals surface area contributed by atoms with Crippen LogP contribution in [0.2, 0.25) is 0 Å². The van der Waals surface area contributed by atoms with Crippen LogP contribution < -0.4 is 0 Å². The molecule has 1 aromatic rings. The van der Waals surface area contributed by atoms with Crippen LogP contribution in [0.25, 0.3) is 0 Å². The number of rotatable bonds is 1. The quantitative estimate of drug-likeness (QED) is 0.697. The predicted octanol–water partition coefficient (Wildman–Crippen LogP) is 4.05. The lowest BCUT2D eigenvalue weighted by atomic mass is 9.97. The molecule has 1 aliphatic carbocycles. The van der Waals surface area contributed by atoms with Gasteiger partial charge in [0, 0.05) is 10.4 Å². The zero-order valence-corrected chi connectivity index (χ0v) is 8.93. The highest BCUT2D eigenvalue weighted by molar-refractivity contribution is 9.10. The molecule has 0 heterocycles. The molecule has 0 N–H and O–H groups in total. The molecule has 2 rings (SSSR count). The Morgan fingerprint density at radius 1 is 1.23 bits per heavy atom. The summed E-state index contributed by atoms with van der Waals surface area (Å²) in [6, 6.07) is 7.95. The highest BCUT2D eigenvalue weighted by Gasteiger charge is 2.29. The van der Waals surface area contributed by atoms with Gasteiger partial charge in [0.05, 0.1) is 0 Å². The maximum atomic E-state index is 13.4. The number of alkyl halides is 1. The lowest BCUT2D eigenvalue weighted by Gasteiger charge is -2.14. The zero-order valence-electron chi connectivity index (χ0n) is 7.34. The minimum absolute atomic E-state index is 0.121. The summed E-state index contributed by atoms with van der Waals surface area (Å²) in [5, 5.41) is 0. The van der Waals surface area contributed by atoms with Gasteiger partial charge in [0.2, 0.25) is 0 Å². The number of hydrogen-bond acceptors (Lipinski definition) is 0. The van der Waals surface area contributed by atoms with Crippen molar-refractivity contribution in [3.05, 3.63) is 34.3 Å². The van der Waals surface area contributed by atoms with Gasteiger partial charge in [-0.25, -0.2) is 4.39 Å². The van der Waals surface area contributed by atoms with Gasteiger partial charge in [-0.15, -0.1) is 0 Å². The summed E-state index contributed by atoms with van der Waals surface area (Å²) < 4.78 is 14.5. The Kier molecular flexibility index (Phi) is 2.68. The lowest BCUT2D eigenvalue weighted by Crippen LogP contribution is -2.06. The van der Waals surface area contributed by atoms with E-state index in [1.165, 1.54) is 0 Å². The van der Waals surface area contributed by atoms with E-state index in [-0.39, 0.29) is 5.92 Å². The molecule has 1 fully saturated rings. The minimum Gasteiger partial charge on any atom is -0.247 e. The monoisotopic (exact) mass is 242 g/mol. The fraction of sp³-hybridized carbons (Fsp3) is 0.455. The Morgan fingerprint density at radius 2 is 2.00 bits per heavy atom. The largest absolute Gasteiger partial charge is 0.247 e. The van der Waals surface area contributed by atoms with Gasteiger partial charge in [-0.3, -0.25) is 0 Å². The van der Waals surface area contributed by atoms with Crippen LogP contribution in [0.1, 0.15) is 30.7 Å². The van der Waals surface area contributed by atoms with E-state index in [4.69, 9.17) is 0 Å². The number of halogens is 2. The molecule has 0 aliphatic heterocycles. The molecule has 0 radical (unpaired) electrons. The van der Waals surface area contributed by atoms with Crippen LogP contribution in [-0.4, -0.2) is 6.17 Å². The highest BCUT2D eigenvalue weighted by Crippen LogP contribution is 2.39. The van der Waals surface area contributed by atoms with Gasteiger partial charge in [-0.05, 0) is 30.9 Å². The third kappa shape index (κ3) is 1.78. The molecule has 1 aromatic carbocycles. The molecule has 1 saturated carbocycles. The van der Waals surface area contributed by atoms with Crippen LogP contribution in [0.3, 0.4) is 0 Å². The standard InChI is InChI=1S/C11H12BrF/c12-10-6-2-1-4-8(10)9-5-3-7-11(9)13/h1-2,4,6,9,11H,3,5,7H2. The average Bonchev–Trinajstić information content (AvgIpc) is 2.52. The van der Waals surface area contributed by atoms with Crippen LogP contribution in [0.4, 0.5) is 4.39 Å². The van der Waals surface area contributed by atoms with E-state index in [1.54, 1.807) is 0 Å². The Morgan fingerprint density at radius 3 is 2.62 bits per heavy atom. The number of hydrogen-bond donors (Lipinski definition) is 0. The second-order valence-electron chi connectivity index (χ2n) is 3.57. The zero-order chi connectivity index (χ0) is 9.26. The fourth-order valence-electron chi connectivity index (χ4n) is 2.04. The summed E-state index contributed by atoms with van der Waals surface area (Å²) in [5.74, 6) is 0.121. The summed E-state index contributed by atoms with van der Waals surface area (Å²) in [5.41, 5.74) is 1.13. The molecule has 2 unspecified atom stereocenters. The molecular weight excluding hydrogens is 231 g/mol. The van der Waals surface area contributed by atoms with Gasteiger partial charge >= 0.3 is 0 Å². The minimum atomic E-state index is -0.640. The van der Waals surface area contributed by atoms with E-state index in [2.05, 4.69) is 15.9 Å². The van der Waals surface area contributed by atoms with Gasteiger partial charge in [-0.2, -0.15) is 0 Å². The molecule has 13 heavy (non-hydrogen) atoms. The van der Waals surface area contributed by atoms with E-state index in [9.17, 15) is 4.39 Å². The van der Waals surface area contributed by atoms with Crippen molar-refractivity contribution in [1.29, 1.82) is 0 Å². The van der Waals surface area contributed by atoms with Crippen molar-refractivity contribution in [1.82, 2.24) is 0 Å². The van der Waals surface area contributed by atoms with Crippen molar-refractivity contribution in [3.63, 3.8) is 0 Å². The topological polar surface area (TPSA) is 0 Å². The van der Waals surface area contributed by atoms with Crippen LogP contribution >= 0.6 is 15.9 Å². The molecule has 0 amide bonds. The summed E-state index contributed by atoms with van der Waals surface area (Å²) in [7, 11) is 0. The molecule has 2 heteroatoms. The molecule has 0 nitrogen and oxygen atoms in total. The fourth-order valence-corrected chi connectivity index (χ4v) is 2.62. The highest BCUT2D eigenvalue weighted by atomic mass is 79.9. The maximum Gasteiger partial charge on any atom is 0.107 e. The first kappa shape index (κ1) is 9.20. The molecule has 0 spiro atoms. The molecule has 0 bridgehead atoms. The van der Waals surface area contributed by atoms with Gasteiger partial charge in [0.25, 0.3) is 0 Å². The molecular formula is C11H12BrF. The maximum absolute atomic E-state index is 13.4. The average molecular weight is 243 g/mol. The van der Waals surface area contributed by atoms with Crippen LogP contribution in [0, 0.1) is 0 Å². The smallest absolute Gasteiger partial charge is 0.107 e. The predicted molar refractivity (Wildman–Crippen MR) is 55.6 cm³/mol. The third-order valence-electron chi connectivity index (χ3n) is 2.74. The summed E-state index contributed by atoms with van der Waals surface area (Å²) in [6.07, 6.45) is 2.10. The van der Waals surface area contributed by atoms with Gasteiger partial charge in [0.15, 0.2) is 0 Å². The van der Waals surface area contributed by atoms with Crippen LogP contribution in [0.15, 0.2) is 28.7 Å². The summed E-state index contributed by atoms with van der Waals surface area (Å²) >= 11 is 3.47.